The molecule has 0 aromatic heterocycles. The first-order valence-electron chi connectivity index (χ1n) is 9.84. The molecule has 1 aliphatic rings. The molecule has 0 atom stereocenters. The van der Waals surface area contributed by atoms with E-state index in [0.717, 1.165) is 25.7 Å². The Morgan fingerprint density at radius 3 is 2.59 bits per heavy atom. The van der Waals surface area contributed by atoms with Crippen molar-refractivity contribution in [3.8, 4) is 5.75 Å². The Labute approximate surface area is 162 Å². The fourth-order valence-electron chi connectivity index (χ4n) is 3.38. The molecule has 148 valence electrons. The van der Waals surface area contributed by atoms with Crippen molar-refractivity contribution in [2.24, 2.45) is 11.3 Å². The van der Waals surface area contributed by atoms with Crippen molar-refractivity contribution in [3.63, 3.8) is 0 Å². The number of hydrogen-bond acceptors (Lipinski definition) is 3. The number of ether oxygens (including phenoxy) is 1. The molecule has 2 rings (SSSR count). The van der Waals surface area contributed by atoms with Crippen LogP contribution in [0.3, 0.4) is 0 Å². The SMILES string of the molecule is C=CCN1C(=O)C(C)(C)COc2ccc(NC(=O)C(CCC)CCC)cc21. The van der Waals surface area contributed by atoms with Crippen molar-refractivity contribution < 1.29 is 14.3 Å². The van der Waals surface area contributed by atoms with Crippen LogP contribution in [-0.4, -0.2) is 25.0 Å². The van der Waals surface area contributed by atoms with E-state index in [-0.39, 0.29) is 17.7 Å². The summed E-state index contributed by atoms with van der Waals surface area (Å²) < 4.78 is 5.89. The van der Waals surface area contributed by atoms with Crippen LogP contribution in [0.5, 0.6) is 5.75 Å². The number of anilines is 2. The third-order valence-corrected chi connectivity index (χ3v) is 4.89. The fourth-order valence-corrected chi connectivity index (χ4v) is 3.38. The lowest BCUT2D eigenvalue weighted by Gasteiger charge is -2.27. The lowest BCUT2D eigenvalue weighted by atomic mass is 9.93. The highest BCUT2D eigenvalue weighted by atomic mass is 16.5. The number of amides is 2. The van der Waals surface area contributed by atoms with Gasteiger partial charge in [-0.15, -0.1) is 6.58 Å². The largest absolute Gasteiger partial charge is 0.490 e. The highest BCUT2D eigenvalue weighted by Crippen LogP contribution is 2.38. The molecule has 0 radical (unpaired) electrons. The second kappa shape index (κ2) is 9.07. The van der Waals surface area contributed by atoms with Gasteiger partial charge in [-0.3, -0.25) is 9.59 Å². The minimum atomic E-state index is -0.626. The monoisotopic (exact) mass is 372 g/mol. The predicted molar refractivity (Wildman–Crippen MR) is 110 cm³/mol. The molecule has 2 amide bonds. The molecule has 0 fully saturated rings. The van der Waals surface area contributed by atoms with Crippen molar-refractivity contribution in [1.29, 1.82) is 0 Å². The molecule has 0 saturated carbocycles. The van der Waals surface area contributed by atoms with Crippen LogP contribution in [0.4, 0.5) is 11.4 Å². The third-order valence-electron chi connectivity index (χ3n) is 4.89. The Balaban J connectivity index is 2.31. The van der Waals surface area contributed by atoms with Gasteiger partial charge in [-0.25, -0.2) is 0 Å². The molecule has 27 heavy (non-hydrogen) atoms. The minimum absolute atomic E-state index is 0.0138. The van der Waals surface area contributed by atoms with Crippen molar-refractivity contribution in [2.45, 2.75) is 53.4 Å². The summed E-state index contributed by atoms with van der Waals surface area (Å²) in [6.07, 6.45) is 5.42. The van der Waals surface area contributed by atoms with E-state index in [1.54, 1.807) is 11.0 Å². The maximum Gasteiger partial charge on any atom is 0.236 e. The molecule has 0 aliphatic carbocycles. The fraction of sp³-hybridized carbons (Fsp3) is 0.545. The number of carbonyl (C=O) groups is 2. The smallest absolute Gasteiger partial charge is 0.236 e. The Morgan fingerprint density at radius 2 is 2.00 bits per heavy atom. The number of hydrogen-bond donors (Lipinski definition) is 1. The number of rotatable bonds is 8. The summed E-state index contributed by atoms with van der Waals surface area (Å²) >= 11 is 0. The Kier molecular flexibility index (Phi) is 7.05. The lowest BCUT2D eigenvalue weighted by Crippen LogP contribution is -2.42. The van der Waals surface area contributed by atoms with Gasteiger partial charge in [-0.1, -0.05) is 32.8 Å². The van der Waals surface area contributed by atoms with Crippen molar-refractivity contribution in [2.75, 3.05) is 23.4 Å². The van der Waals surface area contributed by atoms with Gasteiger partial charge in [0, 0.05) is 18.2 Å². The molecule has 1 heterocycles. The van der Waals surface area contributed by atoms with Crippen LogP contribution < -0.4 is 15.0 Å². The van der Waals surface area contributed by atoms with Crippen molar-refractivity contribution in [3.05, 3.63) is 30.9 Å². The number of nitrogens with one attached hydrogen (secondary N) is 1. The van der Waals surface area contributed by atoms with Crippen LogP contribution in [0.1, 0.15) is 53.4 Å². The molecule has 0 unspecified atom stereocenters. The van der Waals surface area contributed by atoms with E-state index in [4.69, 9.17) is 4.74 Å². The van der Waals surface area contributed by atoms with Crippen LogP contribution in [0, 0.1) is 11.3 Å². The zero-order chi connectivity index (χ0) is 20.0. The molecule has 5 nitrogen and oxygen atoms in total. The van der Waals surface area contributed by atoms with E-state index in [1.807, 2.05) is 32.0 Å². The van der Waals surface area contributed by atoms with E-state index in [9.17, 15) is 9.59 Å². The minimum Gasteiger partial charge on any atom is -0.490 e. The van der Waals surface area contributed by atoms with Crippen LogP contribution >= 0.6 is 0 Å². The molecule has 0 bridgehead atoms. The summed E-state index contributed by atoms with van der Waals surface area (Å²) in [7, 11) is 0. The summed E-state index contributed by atoms with van der Waals surface area (Å²) in [5, 5.41) is 3.02. The predicted octanol–water partition coefficient (Wildman–Crippen LogP) is 4.78. The third kappa shape index (κ3) is 4.90. The second-order valence-corrected chi connectivity index (χ2v) is 7.82. The summed E-state index contributed by atoms with van der Waals surface area (Å²) in [5.41, 5.74) is 0.727. The summed E-state index contributed by atoms with van der Waals surface area (Å²) in [6, 6.07) is 5.48. The summed E-state index contributed by atoms with van der Waals surface area (Å²) in [4.78, 5) is 27.3. The van der Waals surface area contributed by atoms with Crippen LogP contribution in [-0.2, 0) is 9.59 Å². The summed E-state index contributed by atoms with van der Waals surface area (Å²) in [6.45, 7) is 12.4. The van der Waals surface area contributed by atoms with Crippen LogP contribution in [0.15, 0.2) is 30.9 Å². The average Bonchev–Trinajstić information content (AvgIpc) is 2.72. The van der Waals surface area contributed by atoms with E-state index in [0.29, 0.717) is 30.3 Å². The first-order chi connectivity index (χ1) is 12.8. The topological polar surface area (TPSA) is 58.6 Å². The van der Waals surface area contributed by atoms with E-state index < -0.39 is 5.41 Å². The highest BCUT2D eigenvalue weighted by Gasteiger charge is 2.37. The number of fused-ring (bicyclic) bond motifs is 1. The van der Waals surface area contributed by atoms with E-state index in [2.05, 4.69) is 25.7 Å². The molecule has 0 saturated heterocycles. The Bertz CT molecular complexity index is 691. The second-order valence-electron chi connectivity index (χ2n) is 7.82. The number of benzene rings is 1. The zero-order valence-electron chi connectivity index (χ0n) is 17.0. The standard InChI is InChI=1S/C22H32N2O3/c1-6-9-16(10-7-2)20(25)23-17-11-12-19-18(14-17)24(13-8-3)21(26)22(4,5)15-27-19/h8,11-12,14,16H,3,6-7,9-10,13,15H2,1-2,4-5H3,(H,23,25). The van der Waals surface area contributed by atoms with Gasteiger partial charge in [0.15, 0.2) is 0 Å². The van der Waals surface area contributed by atoms with Crippen LogP contribution in [0.2, 0.25) is 0 Å². The molecular weight excluding hydrogens is 340 g/mol. The first kappa shape index (κ1) is 21.0. The Hall–Kier alpha value is -2.30. The lowest BCUT2D eigenvalue weighted by molar-refractivity contribution is -0.127. The maximum absolute atomic E-state index is 12.9. The van der Waals surface area contributed by atoms with Gasteiger partial charge in [0.1, 0.15) is 12.4 Å². The number of nitrogens with zero attached hydrogens (tertiary/aromatic N) is 1. The van der Waals surface area contributed by atoms with Crippen LogP contribution in [0.25, 0.3) is 0 Å². The average molecular weight is 373 g/mol. The van der Waals surface area contributed by atoms with Gasteiger partial charge in [0.25, 0.3) is 0 Å². The molecule has 1 aliphatic heterocycles. The zero-order valence-corrected chi connectivity index (χ0v) is 17.0. The molecule has 0 spiro atoms. The molecule has 5 heteroatoms. The highest BCUT2D eigenvalue weighted by molar-refractivity contribution is 6.01. The summed E-state index contributed by atoms with van der Waals surface area (Å²) in [5.74, 6) is 0.682. The van der Waals surface area contributed by atoms with Gasteiger partial charge in [0.05, 0.1) is 11.1 Å². The number of carbonyl (C=O) groups excluding carboxylic acids is 2. The molecule has 1 aromatic carbocycles. The van der Waals surface area contributed by atoms with Gasteiger partial charge >= 0.3 is 0 Å². The van der Waals surface area contributed by atoms with E-state index >= 15 is 0 Å². The molecule has 1 N–H and O–H groups in total. The molecular formula is C22H32N2O3. The Morgan fingerprint density at radius 1 is 1.33 bits per heavy atom. The maximum atomic E-state index is 12.9. The van der Waals surface area contributed by atoms with Crippen molar-refractivity contribution >= 4 is 23.2 Å². The molecule has 1 aromatic rings. The van der Waals surface area contributed by atoms with E-state index in [1.165, 1.54) is 0 Å². The normalized spacial score (nSPS) is 15.7. The van der Waals surface area contributed by atoms with Gasteiger partial charge in [-0.2, -0.15) is 0 Å². The first-order valence-corrected chi connectivity index (χ1v) is 9.84. The quantitative estimate of drug-likeness (QED) is 0.668. The van der Waals surface area contributed by atoms with Crippen molar-refractivity contribution in [1.82, 2.24) is 0 Å². The van der Waals surface area contributed by atoms with Gasteiger partial charge < -0.3 is 15.0 Å². The van der Waals surface area contributed by atoms with Gasteiger partial charge in [0.2, 0.25) is 11.8 Å². The van der Waals surface area contributed by atoms with Gasteiger partial charge in [-0.05, 0) is 44.9 Å².